The van der Waals surface area contributed by atoms with E-state index in [2.05, 4.69) is 15.3 Å². The molecule has 23 heavy (non-hydrogen) atoms. The van der Waals surface area contributed by atoms with E-state index in [-0.39, 0.29) is 24.3 Å². The van der Waals surface area contributed by atoms with Gasteiger partial charge in [0, 0.05) is 31.4 Å². The number of amides is 1. The van der Waals surface area contributed by atoms with Crippen LogP contribution in [0.15, 0.2) is 22.9 Å². The van der Waals surface area contributed by atoms with Crippen molar-refractivity contribution in [2.45, 2.75) is 31.5 Å². The Hall–Kier alpha value is -2.39. The zero-order valence-corrected chi connectivity index (χ0v) is 12.0. The maximum Gasteiger partial charge on any atom is 0.470 e. The van der Waals surface area contributed by atoms with E-state index in [1.54, 1.807) is 23.4 Å². The molecular weight excluding hydrogens is 315 g/mol. The highest BCUT2D eigenvalue weighted by atomic mass is 19.4. The molecule has 0 aromatic carbocycles. The summed E-state index contributed by atoms with van der Waals surface area (Å²) >= 11 is 0. The van der Waals surface area contributed by atoms with Crippen molar-refractivity contribution in [3.8, 4) is 0 Å². The topological polar surface area (TPSA) is 77.1 Å². The zero-order chi connectivity index (χ0) is 16.4. The minimum absolute atomic E-state index is 0.0171. The molecule has 0 saturated carbocycles. The number of nitrogens with zero attached hydrogens (tertiary/aromatic N) is 5. The third kappa shape index (κ3) is 3.51. The molecular formula is C13H14F3N5O2. The second-order valence-corrected chi connectivity index (χ2v) is 5.30. The first-order valence-corrected chi connectivity index (χ1v) is 7.09. The molecule has 1 amide bonds. The molecule has 2 aromatic heterocycles. The van der Waals surface area contributed by atoms with Crippen molar-refractivity contribution >= 4 is 5.91 Å². The Morgan fingerprint density at radius 3 is 2.61 bits per heavy atom. The first-order valence-electron chi connectivity index (χ1n) is 7.09. The number of hydrogen-bond donors (Lipinski definition) is 0. The summed E-state index contributed by atoms with van der Waals surface area (Å²) in [6.07, 6.45) is -0.366. The van der Waals surface area contributed by atoms with Crippen LogP contribution in [0.4, 0.5) is 13.2 Å². The van der Waals surface area contributed by atoms with Crippen LogP contribution in [0.25, 0.3) is 0 Å². The highest BCUT2D eigenvalue weighted by Gasteiger charge is 2.39. The number of carbonyl (C=O) groups is 1. The molecule has 1 aliphatic rings. The number of hydrogen-bond acceptors (Lipinski definition) is 5. The van der Waals surface area contributed by atoms with Gasteiger partial charge in [0.25, 0.3) is 0 Å². The first-order chi connectivity index (χ1) is 10.9. The highest BCUT2D eigenvalue weighted by Crippen LogP contribution is 2.32. The average Bonchev–Trinajstić information content (AvgIpc) is 3.18. The molecule has 0 unspecified atom stereocenters. The van der Waals surface area contributed by atoms with E-state index in [1.165, 1.54) is 4.68 Å². The molecule has 0 atom stereocenters. The summed E-state index contributed by atoms with van der Waals surface area (Å²) in [5.74, 6) is -1.68. The molecule has 0 bridgehead atoms. The van der Waals surface area contributed by atoms with Crippen molar-refractivity contribution in [3.63, 3.8) is 0 Å². The van der Waals surface area contributed by atoms with Gasteiger partial charge in [0.1, 0.15) is 6.54 Å². The minimum atomic E-state index is -4.63. The van der Waals surface area contributed by atoms with Crippen LogP contribution in [0.2, 0.25) is 0 Å². The standard InChI is InChI=1S/C13H14F3N5O2/c14-13(15,16)12-19-18-11(23-12)9-2-6-20(7-3-9)10(22)8-21-5-1-4-17-21/h1,4-5,9H,2-3,6-8H2. The van der Waals surface area contributed by atoms with Crippen LogP contribution < -0.4 is 0 Å². The molecule has 0 aliphatic carbocycles. The molecule has 124 valence electrons. The van der Waals surface area contributed by atoms with Crippen molar-refractivity contribution in [2.75, 3.05) is 13.1 Å². The molecule has 0 radical (unpaired) electrons. The average molecular weight is 329 g/mol. The van der Waals surface area contributed by atoms with Gasteiger partial charge in [0.2, 0.25) is 11.8 Å². The van der Waals surface area contributed by atoms with Crippen molar-refractivity contribution < 1.29 is 22.4 Å². The number of likely N-dealkylation sites (tertiary alicyclic amines) is 1. The van der Waals surface area contributed by atoms with Crippen molar-refractivity contribution in [2.24, 2.45) is 0 Å². The molecule has 0 spiro atoms. The number of piperidine rings is 1. The molecule has 7 nitrogen and oxygen atoms in total. The number of carbonyl (C=O) groups excluding carboxylic acids is 1. The first kappa shape index (κ1) is 15.5. The lowest BCUT2D eigenvalue weighted by atomic mass is 9.97. The molecule has 1 aliphatic heterocycles. The van der Waals surface area contributed by atoms with E-state index in [0.717, 1.165) is 0 Å². The number of rotatable bonds is 3. The van der Waals surface area contributed by atoms with E-state index in [9.17, 15) is 18.0 Å². The summed E-state index contributed by atoms with van der Waals surface area (Å²) in [6.45, 7) is 1.03. The van der Waals surface area contributed by atoms with Crippen LogP contribution in [-0.4, -0.2) is 43.9 Å². The lowest BCUT2D eigenvalue weighted by molar-refractivity contribution is -0.157. The smallest absolute Gasteiger partial charge is 0.417 e. The lowest BCUT2D eigenvalue weighted by Gasteiger charge is -2.30. The van der Waals surface area contributed by atoms with Crippen molar-refractivity contribution in [3.05, 3.63) is 30.2 Å². The molecule has 3 rings (SSSR count). The largest absolute Gasteiger partial charge is 0.470 e. The Kier molecular flexibility index (Phi) is 4.05. The van der Waals surface area contributed by atoms with Crippen LogP contribution >= 0.6 is 0 Å². The van der Waals surface area contributed by atoms with Gasteiger partial charge in [-0.15, -0.1) is 10.2 Å². The van der Waals surface area contributed by atoms with Gasteiger partial charge in [-0.05, 0) is 18.9 Å². The molecule has 10 heteroatoms. The Morgan fingerprint density at radius 1 is 1.30 bits per heavy atom. The predicted octanol–water partition coefficient (Wildman–Crippen LogP) is 1.69. The summed E-state index contributed by atoms with van der Waals surface area (Å²) in [5.41, 5.74) is 0. The second kappa shape index (κ2) is 6.01. The van der Waals surface area contributed by atoms with Crippen LogP contribution in [0, 0.1) is 0 Å². The fourth-order valence-corrected chi connectivity index (χ4v) is 2.52. The van der Waals surface area contributed by atoms with Crippen molar-refractivity contribution in [1.82, 2.24) is 24.9 Å². The van der Waals surface area contributed by atoms with Gasteiger partial charge in [-0.1, -0.05) is 0 Å². The number of alkyl halides is 3. The highest BCUT2D eigenvalue weighted by molar-refractivity contribution is 5.76. The third-order valence-corrected chi connectivity index (χ3v) is 3.74. The summed E-state index contributed by atoms with van der Waals surface area (Å²) in [7, 11) is 0. The van der Waals surface area contributed by atoms with Gasteiger partial charge in [0.15, 0.2) is 0 Å². The van der Waals surface area contributed by atoms with Gasteiger partial charge in [0.05, 0.1) is 0 Å². The lowest BCUT2D eigenvalue weighted by Crippen LogP contribution is -2.39. The van der Waals surface area contributed by atoms with Gasteiger partial charge in [-0.2, -0.15) is 18.3 Å². The Morgan fingerprint density at radius 2 is 2.04 bits per heavy atom. The number of aromatic nitrogens is 4. The fraction of sp³-hybridized carbons (Fsp3) is 0.538. The fourth-order valence-electron chi connectivity index (χ4n) is 2.52. The second-order valence-electron chi connectivity index (χ2n) is 5.30. The van der Waals surface area contributed by atoms with Gasteiger partial charge >= 0.3 is 12.1 Å². The summed E-state index contributed by atoms with van der Waals surface area (Å²) in [5, 5.41) is 10.5. The summed E-state index contributed by atoms with van der Waals surface area (Å²) in [4.78, 5) is 13.8. The Balaban J connectivity index is 1.56. The predicted molar refractivity (Wildman–Crippen MR) is 70.1 cm³/mol. The maximum absolute atomic E-state index is 12.5. The van der Waals surface area contributed by atoms with E-state index in [0.29, 0.717) is 25.9 Å². The monoisotopic (exact) mass is 329 g/mol. The molecule has 3 heterocycles. The maximum atomic E-state index is 12.5. The number of halogens is 3. The van der Waals surface area contributed by atoms with E-state index >= 15 is 0 Å². The third-order valence-electron chi connectivity index (χ3n) is 3.74. The van der Waals surface area contributed by atoms with Gasteiger partial charge in [-0.3, -0.25) is 9.48 Å². The Labute approximate surface area is 129 Å². The Bertz CT molecular complexity index is 659. The minimum Gasteiger partial charge on any atom is -0.417 e. The van der Waals surface area contributed by atoms with Crippen LogP contribution in [0.3, 0.4) is 0 Å². The zero-order valence-electron chi connectivity index (χ0n) is 12.0. The molecule has 1 fully saturated rings. The van der Waals surface area contributed by atoms with Crippen LogP contribution in [0.5, 0.6) is 0 Å². The quantitative estimate of drug-likeness (QED) is 0.856. The van der Waals surface area contributed by atoms with Gasteiger partial charge < -0.3 is 9.32 Å². The van der Waals surface area contributed by atoms with E-state index in [4.69, 9.17) is 4.42 Å². The van der Waals surface area contributed by atoms with E-state index in [1.807, 2.05) is 0 Å². The SMILES string of the molecule is O=C(Cn1cccn1)N1CCC(c2nnc(C(F)(F)F)o2)CC1. The molecule has 2 aromatic rings. The molecule has 1 saturated heterocycles. The summed E-state index contributed by atoms with van der Waals surface area (Å²) < 4.78 is 43.6. The van der Waals surface area contributed by atoms with Crippen LogP contribution in [0.1, 0.15) is 30.5 Å². The van der Waals surface area contributed by atoms with Crippen molar-refractivity contribution in [1.29, 1.82) is 0 Å². The normalized spacial score (nSPS) is 16.7. The molecule has 0 N–H and O–H groups in total. The summed E-state index contributed by atoms with van der Waals surface area (Å²) in [6, 6.07) is 1.73. The van der Waals surface area contributed by atoms with Gasteiger partial charge in [-0.25, -0.2) is 0 Å². The van der Waals surface area contributed by atoms with Crippen LogP contribution in [-0.2, 0) is 17.5 Å². The van der Waals surface area contributed by atoms with E-state index < -0.39 is 12.1 Å².